The summed E-state index contributed by atoms with van der Waals surface area (Å²) in [6.07, 6.45) is 1.45. The molecule has 1 N–H and O–H groups in total. The SMILES string of the molecule is Cc1cccc(N2CCN(C(=O)c3ccc(NC(=O)c4ccco4)cc3)CC2)c1. The van der Waals surface area contributed by atoms with Crippen molar-refractivity contribution in [1.29, 1.82) is 0 Å². The molecule has 0 radical (unpaired) electrons. The van der Waals surface area contributed by atoms with E-state index in [1.807, 2.05) is 4.90 Å². The molecule has 2 heterocycles. The molecule has 6 nitrogen and oxygen atoms in total. The maximum absolute atomic E-state index is 12.8. The minimum absolute atomic E-state index is 0.0119. The van der Waals surface area contributed by atoms with E-state index in [0.29, 0.717) is 24.3 Å². The molecule has 148 valence electrons. The number of carbonyl (C=O) groups is 2. The average molecular weight is 389 g/mol. The Hall–Kier alpha value is -3.54. The Morgan fingerprint density at radius 3 is 2.34 bits per heavy atom. The first-order chi connectivity index (χ1) is 14.1. The highest BCUT2D eigenvalue weighted by Gasteiger charge is 2.22. The van der Waals surface area contributed by atoms with E-state index >= 15 is 0 Å². The number of hydrogen-bond donors (Lipinski definition) is 1. The molecular formula is C23H23N3O3. The molecule has 1 fully saturated rings. The summed E-state index contributed by atoms with van der Waals surface area (Å²) in [7, 11) is 0. The molecule has 0 atom stereocenters. The van der Waals surface area contributed by atoms with Crippen LogP contribution in [0.15, 0.2) is 71.3 Å². The normalized spacial score (nSPS) is 14.0. The van der Waals surface area contributed by atoms with Crippen LogP contribution in [0.1, 0.15) is 26.5 Å². The zero-order chi connectivity index (χ0) is 20.2. The molecule has 29 heavy (non-hydrogen) atoms. The van der Waals surface area contributed by atoms with Crippen molar-refractivity contribution in [3.8, 4) is 0 Å². The van der Waals surface area contributed by atoms with Gasteiger partial charge in [0.05, 0.1) is 6.26 Å². The summed E-state index contributed by atoms with van der Waals surface area (Å²) in [6.45, 7) is 5.08. The molecule has 0 unspecified atom stereocenters. The van der Waals surface area contributed by atoms with E-state index in [-0.39, 0.29) is 17.6 Å². The van der Waals surface area contributed by atoms with Gasteiger partial charge in [-0.05, 0) is 61.0 Å². The van der Waals surface area contributed by atoms with Crippen molar-refractivity contribution in [2.24, 2.45) is 0 Å². The van der Waals surface area contributed by atoms with Crippen molar-refractivity contribution in [2.75, 3.05) is 36.4 Å². The van der Waals surface area contributed by atoms with Crippen LogP contribution in [0.4, 0.5) is 11.4 Å². The zero-order valence-electron chi connectivity index (χ0n) is 16.3. The van der Waals surface area contributed by atoms with Crippen molar-refractivity contribution in [3.05, 3.63) is 83.8 Å². The standard InChI is InChI=1S/C23H23N3O3/c1-17-4-2-5-20(16-17)25-11-13-26(14-12-25)23(28)18-7-9-19(10-8-18)24-22(27)21-6-3-15-29-21/h2-10,15-16H,11-14H2,1H3,(H,24,27). The van der Waals surface area contributed by atoms with E-state index in [1.54, 1.807) is 36.4 Å². The number of piperazine rings is 1. The van der Waals surface area contributed by atoms with Gasteiger partial charge in [-0.25, -0.2) is 0 Å². The fourth-order valence-corrected chi connectivity index (χ4v) is 3.47. The van der Waals surface area contributed by atoms with Crippen LogP contribution in [0.5, 0.6) is 0 Å². The molecule has 4 rings (SSSR count). The van der Waals surface area contributed by atoms with Crippen LogP contribution < -0.4 is 10.2 Å². The number of aryl methyl sites for hydroxylation is 1. The smallest absolute Gasteiger partial charge is 0.291 e. The summed E-state index contributed by atoms with van der Waals surface area (Å²) in [4.78, 5) is 29.0. The second kappa shape index (κ2) is 8.22. The van der Waals surface area contributed by atoms with E-state index in [2.05, 4.69) is 41.4 Å². The third-order valence-electron chi connectivity index (χ3n) is 5.07. The monoisotopic (exact) mass is 389 g/mol. The maximum Gasteiger partial charge on any atom is 0.291 e. The predicted octanol–water partition coefficient (Wildman–Crippen LogP) is 3.80. The summed E-state index contributed by atoms with van der Waals surface area (Å²) >= 11 is 0. The highest BCUT2D eigenvalue weighted by Crippen LogP contribution is 2.19. The lowest BCUT2D eigenvalue weighted by molar-refractivity contribution is 0.0746. The Kier molecular flexibility index (Phi) is 5.33. The van der Waals surface area contributed by atoms with Crippen LogP contribution in [0.25, 0.3) is 0 Å². The molecule has 1 aliphatic rings. The first kappa shape index (κ1) is 18.8. The van der Waals surface area contributed by atoms with Gasteiger partial charge in [-0.3, -0.25) is 9.59 Å². The number of furan rings is 1. The van der Waals surface area contributed by atoms with Gasteiger partial charge in [0.25, 0.3) is 11.8 Å². The second-order valence-corrected chi connectivity index (χ2v) is 7.13. The van der Waals surface area contributed by atoms with Gasteiger partial charge in [-0.15, -0.1) is 0 Å². The Morgan fingerprint density at radius 2 is 1.69 bits per heavy atom. The van der Waals surface area contributed by atoms with Crippen LogP contribution >= 0.6 is 0 Å². The van der Waals surface area contributed by atoms with Crippen LogP contribution in [-0.2, 0) is 0 Å². The van der Waals surface area contributed by atoms with Crippen molar-refractivity contribution in [1.82, 2.24) is 4.90 Å². The quantitative estimate of drug-likeness (QED) is 0.737. The number of rotatable bonds is 4. The van der Waals surface area contributed by atoms with Crippen LogP contribution in [0.3, 0.4) is 0 Å². The molecule has 0 bridgehead atoms. The fraction of sp³-hybridized carbons (Fsp3) is 0.217. The largest absolute Gasteiger partial charge is 0.459 e. The zero-order valence-corrected chi connectivity index (χ0v) is 16.3. The minimum Gasteiger partial charge on any atom is -0.459 e. The fourth-order valence-electron chi connectivity index (χ4n) is 3.47. The minimum atomic E-state index is -0.318. The molecule has 0 saturated carbocycles. The van der Waals surface area contributed by atoms with Crippen molar-refractivity contribution < 1.29 is 14.0 Å². The Labute approximate surface area is 169 Å². The van der Waals surface area contributed by atoms with E-state index in [1.165, 1.54) is 17.5 Å². The lowest BCUT2D eigenvalue weighted by atomic mass is 10.1. The first-order valence-electron chi connectivity index (χ1n) is 9.66. The van der Waals surface area contributed by atoms with Gasteiger partial charge in [0.15, 0.2) is 5.76 Å². The average Bonchev–Trinajstić information content (AvgIpc) is 3.29. The Balaban J connectivity index is 1.34. The lowest BCUT2D eigenvalue weighted by Gasteiger charge is -2.36. The van der Waals surface area contributed by atoms with E-state index < -0.39 is 0 Å². The number of benzene rings is 2. The summed E-state index contributed by atoms with van der Waals surface area (Å²) in [5, 5.41) is 2.75. The highest BCUT2D eigenvalue weighted by atomic mass is 16.3. The van der Waals surface area contributed by atoms with E-state index in [9.17, 15) is 9.59 Å². The van der Waals surface area contributed by atoms with Gasteiger partial charge in [0, 0.05) is 43.1 Å². The highest BCUT2D eigenvalue weighted by molar-refractivity contribution is 6.02. The molecule has 6 heteroatoms. The molecule has 2 amide bonds. The summed E-state index contributed by atoms with van der Waals surface area (Å²) in [5.74, 6) is -0.0595. The molecule has 2 aromatic carbocycles. The number of nitrogens with zero attached hydrogens (tertiary/aromatic N) is 2. The molecule has 0 spiro atoms. The second-order valence-electron chi connectivity index (χ2n) is 7.13. The van der Waals surface area contributed by atoms with Crippen LogP contribution in [0.2, 0.25) is 0 Å². The number of amides is 2. The molecule has 1 aromatic heterocycles. The topological polar surface area (TPSA) is 65.8 Å². The third kappa shape index (κ3) is 4.32. The molecule has 1 saturated heterocycles. The molecular weight excluding hydrogens is 366 g/mol. The maximum atomic E-state index is 12.8. The van der Waals surface area contributed by atoms with Gasteiger partial charge in [-0.1, -0.05) is 12.1 Å². The third-order valence-corrected chi connectivity index (χ3v) is 5.07. The molecule has 1 aliphatic heterocycles. The number of hydrogen-bond acceptors (Lipinski definition) is 4. The Bertz CT molecular complexity index is 988. The van der Waals surface area contributed by atoms with Gasteiger partial charge in [0.2, 0.25) is 0 Å². The van der Waals surface area contributed by atoms with E-state index in [4.69, 9.17) is 4.42 Å². The Morgan fingerprint density at radius 1 is 0.931 bits per heavy atom. The van der Waals surface area contributed by atoms with Gasteiger partial charge < -0.3 is 19.5 Å². The van der Waals surface area contributed by atoms with Crippen molar-refractivity contribution in [3.63, 3.8) is 0 Å². The van der Waals surface area contributed by atoms with Gasteiger partial charge >= 0.3 is 0 Å². The summed E-state index contributed by atoms with van der Waals surface area (Å²) < 4.78 is 5.08. The first-order valence-corrected chi connectivity index (χ1v) is 9.66. The van der Waals surface area contributed by atoms with Gasteiger partial charge in [-0.2, -0.15) is 0 Å². The molecule has 3 aromatic rings. The van der Waals surface area contributed by atoms with E-state index in [0.717, 1.165) is 13.1 Å². The van der Waals surface area contributed by atoms with Crippen LogP contribution in [-0.4, -0.2) is 42.9 Å². The predicted molar refractivity (Wildman–Crippen MR) is 112 cm³/mol. The van der Waals surface area contributed by atoms with Gasteiger partial charge in [0.1, 0.15) is 0 Å². The van der Waals surface area contributed by atoms with Crippen molar-refractivity contribution >= 4 is 23.2 Å². The molecule has 0 aliphatic carbocycles. The van der Waals surface area contributed by atoms with Crippen LogP contribution in [0, 0.1) is 6.92 Å². The summed E-state index contributed by atoms with van der Waals surface area (Å²) in [5.41, 5.74) is 3.67. The number of nitrogens with one attached hydrogen (secondary N) is 1. The number of carbonyl (C=O) groups excluding carboxylic acids is 2. The lowest BCUT2D eigenvalue weighted by Crippen LogP contribution is -2.48. The number of anilines is 2. The van der Waals surface area contributed by atoms with Crippen molar-refractivity contribution in [2.45, 2.75) is 6.92 Å². The summed E-state index contributed by atoms with van der Waals surface area (Å²) in [6, 6.07) is 18.7.